The Bertz CT molecular complexity index is 1070. The van der Waals surface area contributed by atoms with E-state index in [4.69, 9.17) is 14.7 Å². The summed E-state index contributed by atoms with van der Waals surface area (Å²) in [6, 6.07) is 11.2. The van der Waals surface area contributed by atoms with Gasteiger partial charge in [0.25, 0.3) is 11.8 Å². The average Bonchev–Trinajstić information content (AvgIpc) is 3.44. The molecule has 0 spiro atoms. The lowest BCUT2D eigenvalue weighted by Crippen LogP contribution is -2.31. The van der Waals surface area contributed by atoms with Gasteiger partial charge in [0.1, 0.15) is 23.6 Å². The van der Waals surface area contributed by atoms with Crippen LogP contribution in [0.5, 0.6) is 11.6 Å². The predicted octanol–water partition coefficient (Wildman–Crippen LogP) is 2.04. The lowest BCUT2D eigenvalue weighted by molar-refractivity contribution is 0.0765. The van der Waals surface area contributed by atoms with Gasteiger partial charge < -0.3 is 14.4 Å². The maximum atomic E-state index is 12.8. The number of aromatic amines is 1. The largest absolute Gasteiger partial charge is 0.497 e. The summed E-state index contributed by atoms with van der Waals surface area (Å²) in [5, 5.41) is 16.2. The highest BCUT2D eigenvalue weighted by atomic mass is 16.5. The van der Waals surface area contributed by atoms with Crippen LogP contribution in [0.25, 0.3) is 11.3 Å². The molecule has 1 aromatic carbocycles. The van der Waals surface area contributed by atoms with Crippen LogP contribution in [0.1, 0.15) is 22.6 Å². The molecule has 0 aliphatic carbocycles. The standard InChI is InChI=1S/C20H18N6O3/c1-28-14-4-2-3-13(9-14)16-10-17(25-24-16)20(27)26-8-5-15(12-26)29-19-18(11-21)22-6-7-23-19/h2-4,6-7,9-10,15H,5,8,12H2,1H3,(H,24,25). The van der Waals surface area contributed by atoms with Gasteiger partial charge in [-0.3, -0.25) is 9.89 Å². The number of amides is 1. The maximum absolute atomic E-state index is 12.8. The van der Waals surface area contributed by atoms with Crippen molar-refractivity contribution < 1.29 is 14.3 Å². The fourth-order valence-corrected chi connectivity index (χ4v) is 3.19. The summed E-state index contributed by atoms with van der Waals surface area (Å²) < 4.78 is 11.0. The molecule has 3 aromatic rings. The van der Waals surface area contributed by atoms with Crippen molar-refractivity contribution in [2.45, 2.75) is 12.5 Å². The topological polar surface area (TPSA) is 117 Å². The van der Waals surface area contributed by atoms with Crippen LogP contribution in [0.4, 0.5) is 0 Å². The summed E-state index contributed by atoms with van der Waals surface area (Å²) in [6.07, 6.45) is 3.31. The summed E-state index contributed by atoms with van der Waals surface area (Å²) in [5.41, 5.74) is 2.06. The number of aromatic nitrogens is 4. The third-order valence-electron chi connectivity index (χ3n) is 4.65. The number of ether oxygens (including phenoxy) is 2. The molecule has 0 bridgehead atoms. The van der Waals surface area contributed by atoms with E-state index < -0.39 is 0 Å². The number of rotatable bonds is 5. The lowest BCUT2D eigenvalue weighted by Gasteiger charge is -2.16. The van der Waals surface area contributed by atoms with Gasteiger partial charge in [-0.15, -0.1) is 0 Å². The SMILES string of the molecule is COc1cccc(-c2cc(C(=O)N3CCC(Oc4nccnc4C#N)C3)[nH]n2)c1. The molecule has 2 aromatic heterocycles. The van der Waals surface area contributed by atoms with E-state index in [1.165, 1.54) is 12.4 Å². The van der Waals surface area contributed by atoms with E-state index in [1.54, 1.807) is 18.1 Å². The normalized spacial score (nSPS) is 15.7. The van der Waals surface area contributed by atoms with Crippen LogP contribution in [0, 0.1) is 11.3 Å². The number of hydrogen-bond acceptors (Lipinski definition) is 7. The number of hydrogen-bond donors (Lipinski definition) is 1. The molecule has 29 heavy (non-hydrogen) atoms. The molecule has 1 fully saturated rings. The van der Waals surface area contributed by atoms with Crippen LogP contribution in [0.3, 0.4) is 0 Å². The smallest absolute Gasteiger partial charge is 0.272 e. The molecule has 9 heteroatoms. The second kappa shape index (κ2) is 7.98. The average molecular weight is 390 g/mol. The van der Waals surface area contributed by atoms with Crippen molar-refractivity contribution in [3.63, 3.8) is 0 Å². The number of nitrogens with one attached hydrogen (secondary N) is 1. The van der Waals surface area contributed by atoms with Crippen molar-refractivity contribution in [2.24, 2.45) is 0 Å². The van der Waals surface area contributed by atoms with E-state index in [2.05, 4.69) is 20.2 Å². The van der Waals surface area contributed by atoms with Crippen LogP contribution in [0.15, 0.2) is 42.7 Å². The number of likely N-dealkylation sites (tertiary alicyclic amines) is 1. The summed E-state index contributed by atoms with van der Waals surface area (Å²) >= 11 is 0. The molecular weight excluding hydrogens is 372 g/mol. The Hall–Kier alpha value is -3.93. The first-order valence-corrected chi connectivity index (χ1v) is 9.05. The molecule has 1 aliphatic rings. The van der Waals surface area contributed by atoms with Crippen molar-refractivity contribution >= 4 is 5.91 Å². The first-order valence-electron chi connectivity index (χ1n) is 9.05. The third-order valence-corrected chi connectivity index (χ3v) is 4.65. The van der Waals surface area contributed by atoms with Crippen LogP contribution in [-0.2, 0) is 0 Å². The second-order valence-electron chi connectivity index (χ2n) is 6.50. The van der Waals surface area contributed by atoms with Crippen LogP contribution in [0.2, 0.25) is 0 Å². The van der Waals surface area contributed by atoms with Gasteiger partial charge in [-0.25, -0.2) is 9.97 Å². The molecule has 1 unspecified atom stereocenters. The molecule has 1 amide bonds. The Morgan fingerprint density at radius 2 is 2.17 bits per heavy atom. The Balaban J connectivity index is 1.43. The minimum absolute atomic E-state index is 0.133. The van der Waals surface area contributed by atoms with E-state index in [0.717, 1.165) is 11.3 Å². The number of H-pyrrole nitrogens is 1. The number of carbonyl (C=O) groups excluding carboxylic acids is 1. The van der Waals surface area contributed by atoms with E-state index >= 15 is 0 Å². The first-order chi connectivity index (χ1) is 14.2. The Labute approximate surface area is 166 Å². The van der Waals surface area contributed by atoms with Crippen molar-refractivity contribution in [1.29, 1.82) is 5.26 Å². The Morgan fingerprint density at radius 3 is 3.00 bits per heavy atom. The van der Waals surface area contributed by atoms with Crippen molar-refractivity contribution in [1.82, 2.24) is 25.1 Å². The Morgan fingerprint density at radius 1 is 1.31 bits per heavy atom. The fraction of sp³-hybridized carbons (Fsp3) is 0.250. The molecule has 0 saturated carbocycles. The number of benzene rings is 1. The van der Waals surface area contributed by atoms with Gasteiger partial charge in [-0.05, 0) is 18.2 Å². The lowest BCUT2D eigenvalue weighted by atomic mass is 10.1. The van der Waals surface area contributed by atoms with Gasteiger partial charge in [0.15, 0.2) is 0 Å². The molecule has 4 rings (SSSR count). The highest BCUT2D eigenvalue weighted by molar-refractivity contribution is 5.93. The van der Waals surface area contributed by atoms with E-state index in [1.807, 2.05) is 30.3 Å². The van der Waals surface area contributed by atoms with E-state index in [0.29, 0.717) is 30.9 Å². The molecule has 1 saturated heterocycles. The van der Waals surface area contributed by atoms with Crippen molar-refractivity contribution in [3.05, 3.63) is 54.1 Å². The maximum Gasteiger partial charge on any atom is 0.272 e. The van der Waals surface area contributed by atoms with Crippen LogP contribution < -0.4 is 9.47 Å². The molecule has 3 heterocycles. The monoisotopic (exact) mass is 390 g/mol. The number of nitrogens with zero attached hydrogens (tertiary/aromatic N) is 5. The number of carbonyl (C=O) groups is 1. The van der Waals surface area contributed by atoms with Gasteiger partial charge in [0.2, 0.25) is 5.69 Å². The minimum Gasteiger partial charge on any atom is -0.497 e. The number of nitriles is 1. The third kappa shape index (κ3) is 3.87. The zero-order chi connectivity index (χ0) is 20.2. The minimum atomic E-state index is -0.247. The zero-order valence-electron chi connectivity index (χ0n) is 15.7. The second-order valence-corrected chi connectivity index (χ2v) is 6.50. The summed E-state index contributed by atoms with van der Waals surface area (Å²) in [5.74, 6) is 0.757. The zero-order valence-corrected chi connectivity index (χ0v) is 15.7. The van der Waals surface area contributed by atoms with Crippen LogP contribution >= 0.6 is 0 Å². The summed E-state index contributed by atoms with van der Waals surface area (Å²) in [7, 11) is 1.60. The van der Waals surface area contributed by atoms with Gasteiger partial charge in [0, 0.05) is 30.9 Å². The summed E-state index contributed by atoms with van der Waals surface area (Å²) in [4.78, 5) is 22.5. The Kier molecular flexibility index (Phi) is 5.07. The molecule has 1 N–H and O–H groups in total. The van der Waals surface area contributed by atoms with Crippen molar-refractivity contribution in [2.75, 3.05) is 20.2 Å². The van der Waals surface area contributed by atoms with E-state index in [-0.39, 0.29) is 23.6 Å². The molecule has 9 nitrogen and oxygen atoms in total. The highest BCUT2D eigenvalue weighted by Crippen LogP contribution is 2.24. The summed E-state index contributed by atoms with van der Waals surface area (Å²) in [6.45, 7) is 0.937. The molecular formula is C20H18N6O3. The van der Waals surface area contributed by atoms with E-state index in [9.17, 15) is 4.79 Å². The molecule has 1 aliphatic heterocycles. The molecule has 1 atom stereocenters. The fourth-order valence-electron chi connectivity index (χ4n) is 3.19. The molecule has 0 radical (unpaired) electrons. The predicted molar refractivity (Wildman–Crippen MR) is 102 cm³/mol. The van der Waals surface area contributed by atoms with Gasteiger partial charge in [-0.2, -0.15) is 10.4 Å². The van der Waals surface area contributed by atoms with Crippen molar-refractivity contribution in [3.8, 4) is 29.0 Å². The van der Waals surface area contributed by atoms with Gasteiger partial charge in [0.05, 0.1) is 19.3 Å². The molecule has 146 valence electrons. The van der Waals surface area contributed by atoms with Gasteiger partial charge >= 0.3 is 0 Å². The quantitative estimate of drug-likeness (QED) is 0.708. The van der Waals surface area contributed by atoms with Crippen LogP contribution in [-0.4, -0.2) is 57.3 Å². The van der Waals surface area contributed by atoms with Gasteiger partial charge in [-0.1, -0.05) is 12.1 Å². The number of methoxy groups -OCH3 is 1. The highest BCUT2D eigenvalue weighted by Gasteiger charge is 2.30. The first kappa shape index (κ1) is 18.4.